The molecular formula is C12H16ClNO. The van der Waals surface area contributed by atoms with Gasteiger partial charge in [0.15, 0.2) is 0 Å². The van der Waals surface area contributed by atoms with Crippen molar-refractivity contribution in [2.24, 2.45) is 5.92 Å². The van der Waals surface area contributed by atoms with Gasteiger partial charge in [-0.1, -0.05) is 29.8 Å². The van der Waals surface area contributed by atoms with E-state index in [1.807, 2.05) is 18.2 Å². The van der Waals surface area contributed by atoms with Gasteiger partial charge < -0.3 is 10.4 Å². The van der Waals surface area contributed by atoms with Crippen LogP contribution in [0, 0.1) is 5.92 Å². The lowest BCUT2D eigenvalue weighted by molar-refractivity contribution is 0.253. The molecule has 0 bridgehead atoms. The SMILES string of the molecule is OCC1CC(Cc2ccccc2Cl)CN1. The number of aliphatic hydroxyl groups is 1. The fourth-order valence-corrected chi connectivity index (χ4v) is 2.38. The number of aliphatic hydroxyl groups excluding tert-OH is 1. The highest BCUT2D eigenvalue weighted by molar-refractivity contribution is 6.31. The Morgan fingerprint density at radius 2 is 2.20 bits per heavy atom. The van der Waals surface area contributed by atoms with Crippen molar-refractivity contribution in [2.45, 2.75) is 18.9 Å². The van der Waals surface area contributed by atoms with Crippen LogP contribution in [0.4, 0.5) is 0 Å². The molecule has 3 heteroatoms. The van der Waals surface area contributed by atoms with E-state index in [0.717, 1.165) is 24.4 Å². The Labute approximate surface area is 95.3 Å². The molecular weight excluding hydrogens is 210 g/mol. The van der Waals surface area contributed by atoms with Gasteiger partial charge in [-0.25, -0.2) is 0 Å². The molecule has 1 aromatic carbocycles. The van der Waals surface area contributed by atoms with Crippen molar-refractivity contribution in [1.82, 2.24) is 5.32 Å². The number of hydrogen-bond acceptors (Lipinski definition) is 2. The number of hydrogen-bond donors (Lipinski definition) is 2. The highest BCUT2D eigenvalue weighted by Gasteiger charge is 2.23. The van der Waals surface area contributed by atoms with Crippen molar-refractivity contribution in [1.29, 1.82) is 0 Å². The molecule has 0 radical (unpaired) electrons. The molecule has 2 nitrogen and oxygen atoms in total. The molecule has 0 saturated carbocycles. The molecule has 2 N–H and O–H groups in total. The van der Waals surface area contributed by atoms with Crippen molar-refractivity contribution < 1.29 is 5.11 Å². The molecule has 1 fully saturated rings. The lowest BCUT2D eigenvalue weighted by Crippen LogP contribution is -2.24. The average Bonchev–Trinajstić information content (AvgIpc) is 2.69. The van der Waals surface area contributed by atoms with Crippen molar-refractivity contribution in [3.8, 4) is 0 Å². The number of halogens is 1. The lowest BCUT2D eigenvalue weighted by Gasteiger charge is -2.10. The molecule has 1 aromatic rings. The van der Waals surface area contributed by atoms with Crippen LogP contribution in [0.15, 0.2) is 24.3 Å². The van der Waals surface area contributed by atoms with Crippen molar-refractivity contribution >= 4 is 11.6 Å². The Balaban J connectivity index is 1.96. The molecule has 2 rings (SSSR count). The molecule has 0 aromatic heterocycles. The van der Waals surface area contributed by atoms with Gasteiger partial charge in [0.25, 0.3) is 0 Å². The van der Waals surface area contributed by atoms with E-state index in [0.29, 0.717) is 5.92 Å². The maximum Gasteiger partial charge on any atom is 0.0584 e. The highest BCUT2D eigenvalue weighted by Crippen LogP contribution is 2.23. The largest absolute Gasteiger partial charge is 0.395 e. The summed E-state index contributed by atoms with van der Waals surface area (Å²) in [5.41, 5.74) is 1.21. The minimum absolute atomic E-state index is 0.235. The van der Waals surface area contributed by atoms with Crippen molar-refractivity contribution in [2.75, 3.05) is 13.2 Å². The van der Waals surface area contributed by atoms with Crippen LogP contribution in [0.5, 0.6) is 0 Å². The minimum atomic E-state index is 0.235. The summed E-state index contributed by atoms with van der Waals surface area (Å²) in [5, 5.41) is 13.2. The summed E-state index contributed by atoms with van der Waals surface area (Å²) in [6.45, 7) is 1.22. The van der Waals surface area contributed by atoms with Crippen LogP contribution in [0.1, 0.15) is 12.0 Å². The van der Waals surface area contributed by atoms with E-state index < -0.39 is 0 Å². The zero-order chi connectivity index (χ0) is 10.7. The Bertz CT molecular complexity index is 329. The third-order valence-electron chi connectivity index (χ3n) is 3.00. The first kappa shape index (κ1) is 10.9. The monoisotopic (exact) mass is 225 g/mol. The van der Waals surface area contributed by atoms with Crippen LogP contribution in [0.25, 0.3) is 0 Å². The van der Waals surface area contributed by atoms with E-state index in [-0.39, 0.29) is 12.6 Å². The van der Waals surface area contributed by atoms with Crippen LogP contribution in [-0.2, 0) is 6.42 Å². The Morgan fingerprint density at radius 3 is 2.87 bits per heavy atom. The smallest absolute Gasteiger partial charge is 0.0584 e. The molecule has 82 valence electrons. The first-order valence-electron chi connectivity index (χ1n) is 5.37. The van der Waals surface area contributed by atoms with Crippen LogP contribution in [-0.4, -0.2) is 24.3 Å². The van der Waals surface area contributed by atoms with Gasteiger partial charge in [0.2, 0.25) is 0 Å². The van der Waals surface area contributed by atoms with Crippen LogP contribution in [0.3, 0.4) is 0 Å². The average molecular weight is 226 g/mol. The first-order valence-corrected chi connectivity index (χ1v) is 5.75. The van der Waals surface area contributed by atoms with Crippen LogP contribution < -0.4 is 5.32 Å². The molecule has 2 atom stereocenters. The minimum Gasteiger partial charge on any atom is -0.395 e. The number of nitrogens with one attached hydrogen (secondary N) is 1. The third-order valence-corrected chi connectivity index (χ3v) is 3.37. The molecule has 0 amide bonds. The van der Waals surface area contributed by atoms with E-state index in [1.54, 1.807) is 0 Å². The Hall–Kier alpha value is -0.570. The normalized spacial score (nSPS) is 25.7. The third kappa shape index (κ3) is 2.71. The van der Waals surface area contributed by atoms with E-state index >= 15 is 0 Å². The van der Waals surface area contributed by atoms with Crippen LogP contribution >= 0.6 is 11.6 Å². The van der Waals surface area contributed by atoms with E-state index in [1.165, 1.54) is 5.56 Å². The first-order chi connectivity index (χ1) is 7.29. The second-order valence-electron chi connectivity index (χ2n) is 4.19. The summed E-state index contributed by atoms with van der Waals surface area (Å²) in [5.74, 6) is 0.599. The second kappa shape index (κ2) is 4.97. The molecule has 1 aliphatic heterocycles. The molecule has 2 unspecified atom stereocenters. The topological polar surface area (TPSA) is 32.3 Å². The molecule has 15 heavy (non-hydrogen) atoms. The van der Waals surface area contributed by atoms with E-state index in [4.69, 9.17) is 16.7 Å². The maximum atomic E-state index is 9.02. The molecule has 1 saturated heterocycles. The number of rotatable bonds is 3. The summed E-state index contributed by atoms with van der Waals surface area (Å²) in [6, 6.07) is 8.26. The fraction of sp³-hybridized carbons (Fsp3) is 0.500. The fourth-order valence-electron chi connectivity index (χ4n) is 2.17. The number of benzene rings is 1. The molecule has 1 aliphatic rings. The van der Waals surface area contributed by atoms with Gasteiger partial charge in [-0.05, 0) is 36.9 Å². The zero-order valence-corrected chi connectivity index (χ0v) is 9.37. The predicted octanol–water partition coefficient (Wildman–Crippen LogP) is 1.85. The summed E-state index contributed by atoms with van der Waals surface area (Å²) in [6.07, 6.45) is 2.05. The lowest BCUT2D eigenvalue weighted by atomic mass is 9.97. The van der Waals surface area contributed by atoms with Gasteiger partial charge in [0.1, 0.15) is 0 Å². The summed E-state index contributed by atoms with van der Waals surface area (Å²) in [4.78, 5) is 0. The van der Waals surface area contributed by atoms with Crippen molar-refractivity contribution in [3.05, 3.63) is 34.9 Å². The van der Waals surface area contributed by atoms with Gasteiger partial charge in [0.05, 0.1) is 6.61 Å². The molecule has 1 heterocycles. The predicted molar refractivity (Wildman–Crippen MR) is 62.1 cm³/mol. The van der Waals surface area contributed by atoms with Crippen LogP contribution in [0.2, 0.25) is 5.02 Å². The van der Waals surface area contributed by atoms with Gasteiger partial charge in [0, 0.05) is 11.1 Å². The second-order valence-corrected chi connectivity index (χ2v) is 4.59. The summed E-state index contributed by atoms with van der Waals surface area (Å²) in [7, 11) is 0. The quantitative estimate of drug-likeness (QED) is 0.823. The molecule has 0 aliphatic carbocycles. The summed E-state index contributed by atoms with van der Waals surface area (Å²) >= 11 is 6.10. The highest BCUT2D eigenvalue weighted by atomic mass is 35.5. The molecule has 0 spiro atoms. The van der Waals surface area contributed by atoms with E-state index in [2.05, 4.69) is 11.4 Å². The van der Waals surface area contributed by atoms with Gasteiger partial charge in [-0.2, -0.15) is 0 Å². The van der Waals surface area contributed by atoms with Gasteiger partial charge >= 0.3 is 0 Å². The standard InChI is InChI=1S/C12H16ClNO/c13-12-4-2-1-3-10(12)5-9-6-11(8-15)14-7-9/h1-4,9,11,14-15H,5-8H2. The zero-order valence-electron chi connectivity index (χ0n) is 8.62. The van der Waals surface area contributed by atoms with Gasteiger partial charge in [-0.15, -0.1) is 0 Å². The Kier molecular flexibility index (Phi) is 3.62. The van der Waals surface area contributed by atoms with Gasteiger partial charge in [-0.3, -0.25) is 0 Å². The van der Waals surface area contributed by atoms with Crippen molar-refractivity contribution in [3.63, 3.8) is 0 Å². The summed E-state index contributed by atoms with van der Waals surface area (Å²) < 4.78 is 0. The Morgan fingerprint density at radius 1 is 1.40 bits per heavy atom. The van der Waals surface area contributed by atoms with E-state index in [9.17, 15) is 0 Å². The maximum absolute atomic E-state index is 9.02.